The number of nitrogens with one attached hydrogen (secondary N) is 2. The normalized spacial score (nSPS) is 10.4. The number of urea groups is 1. The number of rotatable bonds is 10. The highest BCUT2D eigenvalue weighted by Crippen LogP contribution is 2.38. The van der Waals surface area contributed by atoms with Crippen molar-refractivity contribution in [3.63, 3.8) is 0 Å². The maximum Gasteiger partial charge on any atom is 0.326 e. The monoisotopic (exact) mass is 495 g/mol. The van der Waals surface area contributed by atoms with Crippen LogP contribution in [0.15, 0.2) is 60.7 Å². The molecule has 3 aromatic rings. The first-order valence-corrected chi connectivity index (χ1v) is 11.3. The fourth-order valence-electron chi connectivity index (χ4n) is 3.64. The number of anilines is 2. The van der Waals surface area contributed by atoms with Gasteiger partial charge in [-0.05, 0) is 67.4 Å². The number of hydrogen-bond donors (Lipinski definition) is 2. The second-order valence-electron chi connectivity index (χ2n) is 7.95. The zero-order chi connectivity index (χ0) is 26.1. The second-order valence-corrected chi connectivity index (χ2v) is 7.95. The van der Waals surface area contributed by atoms with Crippen LogP contribution in [-0.2, 0) is 0 Å². The van der Waals surface area contributed by atoms with E-state index in [1.165, 1.54) is 38.4 Å². The van der Waals surface area contributed by atoms with Gasteiger partial charge < -0.3 is 24.8 Å². The Morgan fingerprint density at radius 3 is 2.17 bits per heavy atom. The molecule has 0 unspecified atom stereocenters. The molecular formula is C27H30FN3O5. The zero-order valence-corrected chi connectivity index (χ0v) is 20.8. The third kappa shape index (κ3) is 6.65. The van der Waals surface area contributed by atoms with Gasteiger partial charge in [0.2, 0.25) is 5.75 Å². The molecule has 36 heavy (non-hydrogen) atoms. The van der Waals surface area contributed by atoms with E-state index in [2.05, 4.69) is 10.6 Å². The van der Waals surface area contributed by atoms with E-state index in [9.17, 15) is 14.0 Å². The summed E-state index contributed by atoms with van der Waals surface area (Å²) in [6.07, 6.45) is 0.453. The molecule has 0 fully saturated rings. The number of carbonyl (C=O) groups excluding carboxylic acids is 2. The second kappa shape index (κ2) is 12.4. The minimum Gasteiger partial charge on any atom is -0.493 e. The number of carbonyl (C=O) groups is 2. The predicted octanol–water partition coefficient (Wildman–Crippen LogP) is 5.02. The molecule has 0 aliphatic heterocycles. The number of ether oxygens (including phenoxy) is 3. The van der Waals surface area contributed by atoms with E-state index in [4.69, 9.17) is 14.2 Å². The molecular weight excluding hydrogens is 465 g/mol. The summed E-state index contributed by atoms with van der Waals surface area (Å²) in [5.74, 6) is 0.419. The smallest absolute Gasteiger partial charge is 0.326 e. The number of benzene rings is 3. The van der Waals surface area contributed by atoms with Crippen molar-refractivity contribution in [1.82, 2.24) is 5.32 Å². The largest absolute Gasteiger partial charge is 0.493 e. The van der Waals surface area contributed by atoms with Crippen molar-refractivity contribution in [2.75, 3.05) is 44.6 Å². The van der Waals surface area contributed by atoms with E-state index in [0.29, 0.717) is 53.7 Å². The highest BCUT2D eigenvalue weighted by molar-refractivity contribution is 6.01. The molecule has 0 spiro atoms. The Balaban J connectivity index is 1.67. The molecule has 0 saturated carbocycles. The average molecular weight is 496 g/mol. The standard InChI is InChI=1S/C27H30FN3O5/c1-18-7-5-8-21(15-18)30-27(33)31(22-11-9-20(28)10-12-22)14-6-13-29-26(32)19-16-23(34-2)25(36-4)24(17-19)35-3/h5,7-12,15-17H,6,13-14H2,1-4H3,(H,29,32)(H,30,33). The first kappa shape index (κ1) is 26.3. The molecule has 8 nitrogen and oxygen atoms in total. The molecule has 3 aromatic carbocycles. The van der Waals surface area contributed by atoms with Crippen LogP contribution in [0.3, 0.4) is 0 Å². The van der Waals surface area contributed by atoms with Gasteiger partial charge in [-0.2, -0.15) is 0 Å². The number of halogens is 1. The summed E-state index contributed by atoms with van der Waals surface area (Å²) in [6, 6.07) is 15.9. The molecule has 9 heteroatoms. The Hall–Kier alpha value is -4.27. The lowest BCUT2D eigenvalue weighted by molar-refractivity contribution is 0.0952. The summed E-state index contributed by atoms with van der Waals surface area (Å²) in [7, 11) is 4.44. The third-order valence-electron chi connectivity index (χ3n) is 5.42. The Morgan fingerprint density at radius 2 is 1.58 bits per heavy atom. The summed E-state index contributed by atoms with van der Waals surface area (Å²) in [6.45, 7) is 2.52. The highest BCUT2D eigenvalue weighted by atomic mass is 19.1. The van der Waals surface area contributed by atoms with Crippen molar-refractivity contribution in [2.24, 2.45) is 0 Å². The van der Waals surface area contributed by atoms with Crippen LogP contribution in [0.5, 0.6) is 17.2 Å². The first-order chi connectivity index (χ1) is 17.4. The summed E-state index contributed by atoms with van der Waals surface area (Å²) < 4.78 is 29.4. The SMILES string of the molecule is COc1cc(C(=O)NCCCN(C(=O)Nc2cccc(C)c2)c2ccc(F)cc2)cc(OC)c1OC. The molecule has 0 atom stereocenters. The van der Waals surface area contributed by atoms with Gasteiger partial charge in [0.15, 0.2) is 11.5 Å². The lowest BCUT2D eigenvalue weighted by Gasteiger charge is -2.23. The Kier molecular flexibility index (Phi) is 9.10. The molecule has 0 bridgehead atoms. The molecule has 0 radical (unpaired) electrons. The van der Waals surface area contributed by atoms with E-state index in [0.717, 1.165) is 5.56 Å². The maximum atomic E-state index is 13.5. The van der Waals surface area contributed by atoms with Crippen LogP contribution in [0, 0.1) is 12.7 Å². The predicted molar refractivity (Wildman–Crippen MR) is 137 cm³/mol. The van der Waals surface area contributed by atoms with Crippen LogP contribution in [0.4, 0.5) is 20.6 Å². The summed E-state index contributed by atoms with van der Waals surface area (Å²) in [5, 5.41) is 5.72. The molecule has 3 rings (SSSR count). The summed E-state index contributed by atoms with van der Waals surface area (Å²) >= 11 is 0. The lowest BCUT2D eigenvalue weighted by atomic mass is 10.1. The lowest BCUT2D eigenvalue weighted by Crippen LogP contribution is -2.37. The number of nitrogens with zero attached hydrogens (tertiary/aromatic N) is 1. The average Bonchev–Trinajstić information content (AvgIpc) is 2.88. The van der Waals surface area contributed by atoms with Crippen LogP contribution < -0.4 is 29.7 Å². The fourth-order valence-corrected chi connectivity index (χ4v) is 3.64. The summed E-state index contributed by atoms with van der Waals surface area (Å²) in [4.78, 5) is 27.3. The molecule has 0 aliphatic rings. The van der Waals surface area contributed by atoms with E-state index >= 15 is 0 Å². The zero-order valence-electron chi connectivity index (χ0n) is 20.8. The van der Waals surface area contributed by atoms with E-state index < -0.39 is 5.82 Å². The van der Waals surface area contributed by atoms with Crippen molar-refractivity contribution in [3.05, 3.63) is 77.6 Å². The van der Waals surface area contributed by atoms with Crippen molar-refractivity contribution in [3.8, 4) is 17.2 Å². The minimum absolute atomic E-state index is 0.290. The molecule has 0 aromatic heterocycles. The van der Waals surface area contributed by atoms with Crippen LogP contribution in [-0.4, -0.2) is 46.4 Å². The van der Waals surface area contributed by atoms with Crippen molar-refractivity contribution >= 4 is 23.3 Å². The molecule has 3 amide bonds. The number of methoxy groups -OCH3 is 3. The Labute approximate surface area is 210 Å². The molecule has 0 saturated heterocycles. The van der Waals surface area contributed by atoms with Gasteiger partial charge in [-0.1, -0.05) is 12.1 Å². The van der Waals surface area contributed by atoms with Gasteiger partial charge in [-0.15, -0.1) is 0 Å². The van der Waals surface area contributed by atoms with Gasteiger partial charge >= 0.3 is 6.03 Å². The van der Waals surface area contributed by atoms with E-state index in [1.807, 2.05) is 25.1 Å². The molecule has 2 N–H and O–H groups in total. The van der Waals surface area contributed by atoms with Crippen LogP contribution in [0.1, 0.15) is 22.3 Å². The van der Waals surface area contributed by atoms with Crippen LogP contribution in [0.25, 0.3) is 0 Å². The number of amides is 3. The fraction of sp³-hybridized carbons (Fsp3) is 0.259. The van der Waals surface area contributed by atoms with Gasteiger partial charge in [0.25, 0.3) is 5.91 Å². The van der Waals surface area contributed by atoms with E-state index in [1.54, 1.807) is 30.3 Å². The molecule has 0 heterocycles. The van der Waals surface area contributed by atoms with Gasteiger partial charge in [0.05, 0.1) is 21.3 Å². The number of aryl methyl sites for hydroxylation is 1. The Morgan fingerprint density at radius 1 is 0.917 bits per heavy atom. The van der Waals surface area contributed by atoms with Gasteiger partial charge in [0.1, 0.15) is 5.82 Å². The number of hydrogen-bond acceptors (Lipinski definition) is 5. The third-order valence-corrected chi connectivity index (χ3v) is 5.42. The van der Waals surface area contributed by atoms with Crippen LogP contribution in [0.2, 0.25) is 0 Å². The Bertz CT molecular complexity index is 1180. The van der Waals surface area contributed by atoms with Crippen LogP contribution >= 0.6 is 0 Å². The summed E-state index contributed by atoms with van der Waals surface area (Å²) in [5.41, 5.74) is 2.55. The molecule has 190 valence electrons. The molecule has 0 aliphatic carbocycles. The quantitative estimate of drug-likeness (QED) is 0.386. The van der Waals surface area contributed by atoms with Crippen molar-refractivity contribution in [1.29, 1.82) is 0 Å². The van der Waals surface area contributed by atoms with E-state index in [-0.39, 0.29) is 11.9 Å². The van der Waals surface area contributed by atoms with Crippen molar-refractivity contribution in [2.45, 2.75) is 13.3 Å². The minimum atomic E-state index is -0.393. The first-order valence-electron chi connectivity index (χ1n) is 11.3. The van der Waals surface area contributed by atoms with Gasteiger partial charge in [-0.3, -0.25) is 9.69 Å². The van der Waals surface area contributed by atoms with Crippen molar-refractivity contribution < 1.29 is 28.2 Å². The maximum absolute atomic E-state index is 13.5. The highest BCUT2D eigenvalue weighted by Gasteiger charge is 2.18. The van der Waals surface area contributed by atoms with Gasteiger partial charge in [-0.25, -0.2) is 9.18 Å². The van der Waals surface area contributed by atoms with Gasteiger partial charge in [0, 0.05) is 30.0 Å². The topological polar surface area (TPSA) is 89.1 Å².